The molecule has 26 heavy (non-hydrogen) atoms. The molecule has 1 heterocycles. The molecule has 2 aromatic rings. The van der Waals surface area contributed by atoms with E-state index in [-0.39, 0.29) is 13.0 Å². The molecular formula is C17H20FN3O3S2. The summed E-state index contributed by atoms with van der Waals surface area (Å²) in [7, 11) is -4.15. The molecule has 0 aliphatic heterocycles. The minimum Gasteiger partial charge on any atom is -0.351 e. The van der Waals surface area contributed by atoms with Crippen LogP contribution in [0.5, 0.6) is 0 Å². The smallest absolute Gasteiger partial charge is 0.244 e. The van der Waals surface area contributed by atoms with Crippen LogP contribution in [-0.4, -0.2) is 37.4 Å². The number of amides is 1. The molecule has 1 amide bonds. The lowest BCUT2D eigenvalue weighted by Gasteiger charge is -2.18. The van der Waals surface area contributed by atoms with Crippen molar-refractivity contribution in [3.05, 3.63) is 60.2 Å². The third-order valence-electron chi connectivity index (χ3n) is 3.57. The molecule has 0 unspecified atom stereocenters. The SMILES string of the molecule is CSCC[C@@H](NS(=O)(=O)c1ccccc1F)C(=O)NCc1ccncc1. The van der Waals surface area contributed by atoms with E-state index in [0.717, 1.165) is 17.7 Å². The van der Waals surface area contributed by atoms with E-state index in [2.05, 4.69) is 15.0 Å². The molecule has 0 aliphatic rings. The number of halogens is 1. The summed E-state index contributed by atoms with van der Waals surface area (Å²) in [6.45, 7) is 0.249. The molecule has 2 rings (SSSR count). The maximum absolute atomic E-state index is 13.8. The molecule has 0 bridgehead atoms. The first-order valence-electron chi connectivity index (χ1n) is 7.86. The highest BCUT2D eigenvalue weighted by Gasteiger charge is 2.27. The number of benzene rings is 1. The molecular weight excluding hydrogens is 377 g/mol. The third-order valence-corrected chi connectivity index (χ3v) is 5.72. The van der Waals surface area contributed by atoms with Gasteiger partial charge < -0.3 is 5.32 Å². The Morgan fingerprint density at radius 1 is 1.23 bits per heavy atom. The number of carbonyl (C=O) groups is 1. The normalized spacial score (nSPS) is 12.5. The number of aromatic nitrogens is 1. The summed E-state index contributed by atoms with van der Waals surface area (Å²) in [5, 5.41) is 2.70. The van der Waals surface area contributed by atoms with Crippen LogP contribution in [0, 0.1) is 5.82 Å². The van der Waals surface area contributed by atoms with E-state index in [1.165, 1.54) is 23.9 Å². The zero-order valence-electron chi connectivity index (χ0n) is 14.2. The predicted octanol–water partition coefficient (Wildman–Crippen LogP) is 1.94. The minimum absolute atomic E-state index is 0.249. The molecule has 1 aromatic carbocycles. The first-order valence-corrected chi connectivity index (χ1v) is 10.7. The van der Waals surface area contributed by atoms with Crippen LogP contribution in [0.25, 0.3) is 0 Å². The zero-order chi connectivity index (χ0) is 19.0. The number of nitrogens with zero attached hydrogens (tertiary/aromatic N) is 1. The van der Waals surface area contributed by atoms with Crippen molar-refractivity contribution in [1.82, 2.24) is 15.0 Å². The molecule has 9 heteroatoms. The topological polar surface area (TPSA) is 88.2 Å². The van der Waals surface area contributed by atoms with Crippen molar-refractivity contribution < 1.29 is 17.6 Å². The second-order valence-corrected chi connectivity index (χ2v) is 8.13. The van der Waals surface area contributed by atoms with Gasteiger partial charge in [0.15, 0.2) is 0 Å². The van der Waals surface area contributed by atoms with Gasteiger partial charge in [-0.1, -0.05) is 12.1 Å². The minimum atomic E-state index is -4.15. The largest absolute Gasteiger partial charge is 0.351 e. The Bertz CT molecular complexity index is 832. The molecule has 0 saturated heterocycles. The number of rotatable bonds is 9. The second kappa shape index (κ2) is 9.65. The van der Waals surface area contributed by atoms with Crippen molar-refractivity contribution in [2.75, 3.05) is 12.0 Å². The van der Waals surface area contributed by atoms with Gasteiger partial charge in [-0.05, 0) is 48.3 Å². The molecule has 6 nitrogen and oxygen atoms in total. The summed E-state index contributed by atoms with van der Waals surface area (Å²) >= 11 is 1.49. The van der Waals surface area contributed by atoms with E-state index in [0.29, 0.717) is 5.75 Å². The molecule has 2 N–H and O–H groups in total. The number of nitrogens with one attached hydrogen (secondary N) is 2. The van der Waals surface area contributed by atoms with Gasteiger partial charge in [-0.2, -0.15) is 16.5 Å². The average molecular weight is 397 g/mol. The van der Waals surface area contributed by atoms with Gasteiger partial charge in [0.05, 0.1) is 0 Å². The molecule has 0 radical (unpaired) electrons. The van der Waals surface area contributed by atoms with Gasteiger partial charge in [0.2, 0.25) is 15.9 Å². The fourth-order valence-electron chi connectivity index (χ4n) is 2.21. The predicted molar refractivity (Wildman–Crippen MR) is 99.6 cm³/mol. The van der Waals surface area contributed by atoms with Crippen molar-refractivity contribution in [3.8, 4) is 0 Å². The van der Waals surface area contributed by atoms with Gasteiger partial charge >= 0.3 is 0 Å². The summed E-state index contributed by atoms with van der Waals surface area (Å²) in [5.41, 5.74) is 0.842. The molecule has 1 aromatic heterocycles. The highest BCUT2D eigenvalue weighted by molar-refractivity contribution is 7.98. The van der Waals surface area contributed by atoms with Crippen LogP contribution in [0.1, 0.15) is 12.0 Å². The Morgan fingerprint density at radius 3 is 2.58 bits per heavy atom. The fraction of sp³-hybridized carbons (Fsp3) is 0.294. The van der Waals surface area contributed by atoms with E-state index < -0.39 is 32.7 Å². The monoisotopic (exact) mass is 397 g/mol. The molecule has 1 atom stereocenters. The average Bonchev–Trinajstić information content (AvgIpc) is 2.64. The number of carbonyl (C=O) groups excluding carboxylic acids is 1. The first-order chi connectivity index (χ1) is 12.4. The van der Waals surface area contributed by atoms with Crippen LogP contribution in [0.3, 0.4) is 0 Å². The summed E-state index contributed by atoms with van der Waals surface area (Å²) in [4.78, 5) is 15.9. The highest BCUT2D eigenvalue weighted by atomic mass is 32.2. The second-order valence-electron chi connectivity index (χ2n) is 5.46. The van der Waals surface area contributed by atoms with E-state index >= 15 is 0 Å². The van der Waals surface area contributed by atoms with Gasteiger partial charge in [-0.25, -0.2) is 12.8 Å². The maximum Gasteiger partial charge on any atom is 0.244 e. The quantitative estimate of drug-likeness (QED) is 0.675. The van der Waals surface area contributed by atoms with Crippen LogP contribution in [-0.2, 0) is 21.4 Å². The van der Waals surface area contributed by atoms with Crippen LogP contribution < -0.4 is 10.0 Å². The summed E-state index contributed by atoms with van der Waals surface area (Å²) in [6, 6.07) is 7.57. The lowest BCUT2D eigenvalue weighted by Crippen LogP contribution is -2.46. The first kappa shape index (κ1) is 20.3. The lowest BCUT2D eigenvalue weighted by atomic mass is 10.2. The Labute approximate surface area is 156 Å². The van der Waals surface area contributed by atoms with Gasteiger partial charge in [0.25, 0.3) is 0 Å². The van der Waals surface area contributed by atoms with Crippen molar-refractivity contribution in [2.45, 2.75) is 23.9 Å². The maximum atomic E-state index is 13.8. The van der Waals surface area contributed by atoms with Crippen LogP contribution >= 0.6 is 11.8 Å². The van der Waals surface area contributed by atoms with E-state index in [9.17, 15) is 17.6 Å². The Morgan fingerprint density at radius 2 is 1.92 bits per heavy atom. The van der Waals surface area contributed by atoms with Gasteiger partial charge in [-0.15, -0.1) is 0 Å². The number of hydrogen-bond acceptors (Lipinski definition) is 5. The zero-order valence-corrected chi connectivity index (χ0v) is 15.8. The van der Waals surface area contributed by atoms with E-state index in [1.54, 1.807) is 24.5 Å². The number of hydrogen-bond donors (Lipinski definition) is 2. The third kappa shape index (κ3) is 5.79. The Hall–Kier alpha value is -1.97. The van der Waals surface area contributed by atoms with Gasteiger partial charge in [0.1, 0.15) is 16.8 Å². The van der Waals surface area contributed by atoms with Crippen molar-refractivity contribution in [3.63, 3.8) is 0 Å². The van der Waals surface area contributed by atoms with E-state index in [1.807, 2.05) is 6.26 Å². The van der Waals surface area contributed by atoms with Gasteiger partial charge in [-0.3, -0.25) is 9.78 Å². The van der Waals surface area contributed by atoms with Crippen LogP contribution in [0.2, 0.25) is 0 Å². The van der Waals surface area contributed by atoms with Crippen LogP contribution in [0.4, 0.5) is 4.39 Å². The molecule has 0 spiro atoms. The number of thioether (sulfide) groups is 1. The van der Waals surface area contributed by atoms with Crippen LogP contribution in [0.15, 0.2) is 53.7 Å². The number of pyridine rings is 1. The summed E-state index contributed by atoms with van der Waals surface area (Å²) in [6.07, 6.45) is 5.36. The molecule has 0 saturated carbocycles. The fourth-order valence-corrected chi connectivity index (χ4v) is 3.99. The molecule has 0 fully saturated rings. The van der Waals surface area contributed by atoms with Gasteiger partial charge in [0, 0.05) is 18.9 Å². The molecule has 0 aliphatic carbocycles. The molecule has 140 valence electrons. The number of sulfonamides is 1. The standard InChI is InChI=1S/C17H20FN3O3S2/c1-25-11-8-15(17(22)20-12-13-6-9-19-10-7-13)21-26(23,24)16-5-3-2-4-14(16)18/h2-7,9-10,15,21H,8,11-12H2,1H3,(H,20,22)/t15-/m1/s1. The van der Waals surface area contributed by atoms with Crippen molar-refractivity contribution >= 4 is 27.7 Å². The van der Waals surface area contributed by atoms with Crippen molar-refractivity contribution in [2.24, 2.45) is 0 Å². The Kier molecular flexibility index (Phi) is 7.55. The lowest BCUT2D eigenvalue weighted by molar-refractivity contribution is -0.122. The summed E-state index contributed by atoms with van der Waals surface area (Å²) < 4.78 is 41.1. The van der Waals surface area contributed by atoms with Crippen molar-refractivity contribution in [1.29, 1.82) is 0 Å². The Balaban J connectivity index is 2.10. The highest BCUT2D eigenvalue weighted by Crippen LogP contribution is 2.15. The summed E-state index contributed by atoms with van der Waals surface area (Å²) in [5.74, 6) is -0.746. The van der Waals surface area contributed by atoms with E-state index in [4.69, 9.17) is 0 Å².